The van der Waals surface area contributed by atoms with Crippen LogP contribution in [0.25, 0.3) is 0 Å². The van der Waals surface area contributed by atoms with E-state index >= 15 is 0 Å². The van der Waals surface area contributed by atoms with Gasteiger partial charge < -0.3 is 0 Å². The first-order valence-corrected chi connectivity index (χ1v) is 5.66. The van der Waals surface area contributed by atoms with Crippen LogP contribution in [0.5, 0.6) is 0 Å². The summed E-state index contributed by atoms with van der Waals surface area (Å²) >= 11 is 4.47. The molecule has 1 atom stereocenters. The van der Waals surface area contributed by atoms with Crippen LogP contribution in [-0.2, 0) is 0 Å². The van der Waals surface area contributed by atoms with Crippen molar-refractivity contribution in [2.24, 2.45) is 5.41 Å². The number of hydrogen-bond donors (Lipinski definition) is 1. The van der Waals surface area contributed by atoms with Crippen LogP contribution in [0.15, 0.2) is 0 Å². The number of likely N-dealkylation sites (tertiary alicyclic amines) is 1. The molecule has 1 spiro atoms. The Hall–Kier alpha value is 0.310. The van der Waals surface area contributed by atoms with Crippen molar-refractivity contribution in [2.75, 3.05) is 13.1 Å². The van der Waals surface area contributed by atoms with Crippen molar-refractivity contribution in [2.45, 2.75) is 44.4 Å². The number of thiol groups is 1. The largest absolute Gasteiger partial charge is 0.292 e. The van der Waals surface area contributed by atoms with Gasteiger partial charge in [-0.3, -0.25) is 4.90 Å². The van der Waals surface area contributed by atoms with Gasteiger partial charge in [0.15, 0.2) is 0 Å². The third kappa shape index (κ3) is 1.51. The summed E-state index contributed by atoms with van der Waals surface area (Å²) < 4.78 is 0. The summed E-state index contributed by atoms with van der Waals surface area (Å²) in [7, 11) is 0. The summed E-state index contributed by atoms with van der Waals surface area (Å²) in [5.74, 6) is 0. The molecule has 0 aromatic rings. The summed E-state index contributed by atoms with van der Waals surface area (Å²) in [6, 6.07) is 0. The second-order valence-corrected chi connectivity index (χ2v) is 5.27. The quantitative estimate of drug-likeness (QED) is 0.614. The summed E-state index contributed by atoms with van der Waals surface area (Å²) in [5.41, 5.74) is 0.791. The van der Waals surface area contributed by atoms with Crippen LogP contribution in [0, 0.1) is 5.41 Å². The minimum absolute atomic E-state index is 0.461. The Morgan fingerprint density at radius 2 is 1.75 bits per heavy atom. The Balaban J connectivity index is 1.84. The van der Waals surface area contributed by atoms with Gasteiger partial charge in [-0.15, -0.1) is 0 Å². The number of nitrogens with zero attached hydrogens (tertiary/aromatic N) is 1. The number of hydrogen-bond acceptors (Lipinski definition) is 2. The molecule has 2 aliphatic rings. The topological polar surface area (TPSA) is 3.24 Å². The van der Waals surface area contributed by atoms with Crippen LogP contribution in [0.3, 0.4) is 0 Å². The van der Waals surface area contributed by atoms with Gasteiger partial charge in [-0.1, -0.05) is 6.42 Å². The molecule has 1 saturated heterocycles. The molecule has 0 aromatic carbocycles. The highest BCUT2D eigenvalue weighted by atomic mass is 32.1. The van der Waals surface area contributed by atoms with Gasteiger partial charge >= 0.3 is 0 Å². The molecule has 1 heterocycles. The van der Waals surface area contributed by atoms with Crippen LogP contribution >= 0.6 is 12.6 Å². The van der Waals surface area contributed by atoms with E-state index in [1.807, 2.05) is 0 Å². The van der Waals surface area contributed by atoms with E-state index in [0.29, 0.717) is 5.37 Å². The summed E-state index contributed by atoms with van der Waals surface area (Å²) in [5, 5.41) is 0.461. The van der Waals surface area contributed by atoms with Crippen molar-refractivity contribution in [1.82, 2.24) is 4.90 Å². The Morgan fingerprint density at radius 1 is 1.17 bits per heavy atom. The molecule has 1 aliphatic heterocycles. The predicted octanol–water partition coefficient (Wildman–Crippen LogP) is 2.53. The van der Waals surface area contributed by atoms with Crippen LogP contribution in [0.4, 0.5) is 0 Å². The van der Waals surface area contributed by atoms with Gasteiger partial charge in [-0.25, -0.2) is 0 Å². The minimum Gasteiger partial charge on any atom is -0.292 e. The molecule has 2 rings (SSSR count). The predicted molar refractivity (Wildman–Crippen MR) is 55.5 cm³/mol. The Bertz CT molecular complexity index is 153. The standard InChI is InChI=1S/C10H19NS/c1-9(12)11-7-5-10(6-8-11)3-2-4-10/h9,12H,2-8H2,1H3. The van der Waals surface area contributed by atoms with Gasteiger partial charge in [-0.05, 0) is 51.1 Å². The number of rotatable bonds is 1. The minimum atomic E-state index is 0.461. The summed E-state index contributed by atoms with van der Waals surface area (Å²) in [4.78, 5) is 2.49. The van der Waals surface area contributed by atoms with E-state index in [2.05, 4.69) is 24.5 Å². The lowest BCUT2D eigenvalue weighted by Crippen LogP contribution is -2.45. The maximum atomic E-state index is 4.47. The highest BCUT2D eigenvalue weighted by Gasteiger charge is 2.39. The van der Waals surface area contributed by atoms with Gasteiger partial charge in [0.25, 0.3) is 0 Å². The summed E-state index contributed by atoms with van der Waals surface area (Å²) in [6.45, 7) is 4.75. The Kier molecular flexibility index (Phi) is 2.39. The first kappa shape index (κ1) is 8.89. The highest BCUT2D eigenvalue weighted by molar-refractivity contribution is 7.80. The molecule has 2 heteroatoms. The second-order valence-electron chi connectivity index (χ2n) is 4.52. The van der Waals surface area contributed by atoms with E-state index in [9.17, 15) is 0 Å². The summed E-state index contributed by atoms with van der Waals surface area (Å²) in [6.07, 6.45) is 7.34. The Morgan fingerprint density at radius 3 is 2.08 bits per heavy atom. The maximum Gasteiger partial charge on any atom is 0.0499 e. The van der Waals surface area contributed by atoms with E-state index in [1.165, 1.54) is 45.2 Å². The van der Waals surface area contributed by atoms with Crippen molar-refractivity contribution in [3.8, 4) is 0 Å². The maximum absolute atomic E-state index is 4.47. The molecule has 0 radical (unpaired) electrons. The van der Waals surface area contributed by atoms with Crippen molar-refractivity contribution < 1.29 is 0 Å². The first-order chi connectivity index (χ1) is 5.72. The third-order valence-electron chi connectivity index (χ3n) is 3.80. The fourth-order valence-corrected chi connectivity index (χ4v) is 2.78. The second kappa shape index (κ2) is 3.22. The third-order valence-corrected chi connectivity index (χ3v) is 4.13. The zero-order valence-corrected chi connectivity index (χ0v) is 8.82. The molecular formula is C10H19NS. The van der Waals surface area contributed by atoms with E-state index in [4.69, 9.17) is 0 Å². The lowest BCUT2D eigenvalue weighted by atomic mass is 9.63. The van der Waals surface area contributed by atoms with Gasteiger partial charge in [0.2, 0.25) is 0 Å². The first-order valence-electron chi connectivity index (χ1n) is 5.14. The molecule has 1 unspecified atom stereocenters. The van der Waals surface area contributed by atoms with Crippen molar-refractivity contribution in [3.05, 3.63) is 0 Å². The fourth-order valence-electron chi connectivity index (χ4n) is 2.55. The van der Waals surface area contributed by atoms with E-state index in [-0.39, 0.29) is 0 Å². The van der Waals surface area contributed by atoms with Gasteiger partial charge in [0, 0.05) is 5.37 Å². The molecule has 2 fully saturated rings. The molecule has 0 bridgehead atoms. The normalized spacial score (nSPS) is 31.5. The SMILES string of the molecule is CC(S)N1CCC2(CCC2)CC1. The molecule has 1 saturated carbocycles. The molecule has 1 nitrogen and oxygen atoms in total. The lowest BCUT2D eigenvalue weighted by Gasteiger charge is -2.48. The van der Waals surface area contributed by atoms with E-state index in [1.54, 1.807) is 0 Å². The average Bonchev–Trinajstić information content (AvgIpc) is 2.02. The zero-order valence-electron chi connectivity index (χ0n) is 7.92. The van der Waals surface area contributed by atoms with Crippen LogP contribution in [0.2, 0.25) is 0 Å². The number of piperidine rings is 1. The van der Waals surface area contributed by atoms with E-state index in [0.717, 1.165) is 5.41 Å². The molecule has 70 valence electrons. The van der Waals surface area contributed by atoms with Crippen LogP contribution < -0.4 is 0 Å². The molecular weight excluding hydrogens is 166 g/mol. The fraction of sp³-hybridized carbons (Fsp3) is 1.00. The van der Waals surface area contributed by atoms with Crippen molar-refractivity contribution in [1.29, 1.82) is 0 Å². The average molecular weight is 185 g/mol. The molecule has 12 heavy (non-hydrogen) atoms. The molecule has 1 aliphatic carbocycles. The zero-order chi connectivity index (χ0) is 8.60. The van der Waals surface area contributed by atoms with Gasteiger partial charge in [-0.2, -0.15) is 12.6 Å². The van der Waals surface area contributed by atoms with Crippen molar-refractivity contribution >= 4 is 12.6 Å². The van der Waals surface area contributed by atoms with Gasteiger partial charge in [0.1, 0.15) is 0 Å². The molecule has 0 aromatic heterocycles. The van der Waals surface area contributed by atoms with Crippen LogP contribution in [-0.4, -0.2) is 23.4 Å². The lowest BCUT2D eigenvalue weighted by molar-refractivity contribution is 0.0316. The Labute approximate surface area is 80.9 Å². The highest BCUT2D eigenvalue weighted by Crippen LogP contribution is 2.49. The van der Waals surface area contributed by atoms with Gasteiger partial charge in [0.05, 0.1) is 0 Å². The monoisotopic (exact) mass is 185 g/mol. The van der Waals surface area contributed by atoms with Crippen LogP contribution in [0.1, 0.15) is 39.0 Å². The smallest absolute Gasteiger partial charge is 0.0499 e. The molecule has 0 N–H and O–H groups in total. The van der Waals surface area contributed by atoms with Crippen molar-refractivity contribution in [3.63, 3.8) is 0 Å². The van der Waals surface area contributed by atoms with E-state index < -0.39 is 0 Å². The molecule has 0 amide bonds.